The maximum absolute atomic E-state index is 12.6. The molecule has 22 heavy (non-hydrogen) atoms. The number of pyridine rings is 1. The third kappa shape index (κ3) is 3.70. The molecule has 0 saturated carbocycles. The second kappa shape index (κ2) is 6.84. The number of carbonyl (C=O) groups is 1. The summed E-state index contributed by atoms with van der Waals surface area (Å²) in [4.78, 5) is 20.8. The number of nitrogens with zero attached hydrogens (tertiary/aromatic N) is 3. The van der Waals surface area contributed by atoms with Crippen molar-refractivity contribution >= 4 is 17.5 Å². The molecule has 2 atom stereocenters. The Hall–Kier alpha value is -1.33. The highest BCUT2D eigenvalue weighted by atomic mass is 35.5. The quantitative estimate of drug-likeness (QED) is 0.853. The lowest BCUT2D eigenvalue weighted by atomic mass is 10.1. The smallest absolute Gasteiger partial charge is 0.255 e. The molecule has 0 aliphatic carbocycles. The Morgan fingerprint density at radius 2 is 2.14 bits per heavy atom. The van der Waals surface area contributed by atoms with Gasteiger partial charge in [0.05, 0.1) is 11.7 Å². The lowest BCUT2D eigenvalue weighted by molar-refractivity contribution is 0.0781. The van der Waals surface area contributed by atoms with Crippen LogP contribution < -0.4 is 4.74 Å². The molecule has 122 valence electrons. The van der Waals surface area contributed by atoms with Gasteiger partial charge in [-0.25, -0.2) is 4.98 Å². The van der Waals surface area contributed by atoms with Crippen LogP contribution in [0.2, 0.25) is 5.02 Å². The molecule has 0 N–H and O–H groups in total. The van der Waals surface area contributed by atoms with E-state index in [0.29, 0.717) is 28.4 Å². The number of amides is 1. The van der Waals surface area contributed by atoms with Crippen molar-refractivity contribution in [2.75, 3.05) is 27.2 Å². The van der Waals surface area contributed by atoms with Crippen LogP contribution in [0.4, 0.5) is 0 Å². The molecule has 1 amide bonds. The monoisotopic (exact) mass is 325 g/mol. The van der Waals surface area contributed by atoms with Crippen LogP contribution in [0.3, 0.4) is 0 Å². The molecule has 1 aromatic heterocycles. The van der Waals surface area contributed by atoms with E-state index in [2.05, 4.69) is 16.8 Å². The second-order valence-corrected chi connectivity index (χ2v) is 6.80. The molecular formula is C16H24ClN3O2. The van der Waals surface area contributed by atoms with E-state index < -0.39 is 0 Å². The maximum Gasteiger partial charge on any atom is 0.255 e. The van der Waals surface area contributed by atoms with Crippen molar-refractivity contribution in [1.29, 1.82) is 0 Å². The molecule has 5 nitrogen and oxygen atoms in total. The standard InChI is InChI=1S/C16H24ClN3O2/c1-10(2)22-15-13(17)6-12(7-18-15)16(21)20-8-11(3)14(9-20)19(4)5/h6-7,10-11,14H,8-9H2,1-5H3/t11-,14+/m0/s1. The number of rotatable bonds is 4. The van der Waals surface area contributed by atoms with E-state index in [9.17, 15) is 4.79 Å². The van der Waals surface area contributed by atoms with Crippen LogP contribution >= 0.6 is 11.6 Å². The number of aromatic nitrogens is 1. The van der Waals surface area contributed by atoms with Crippen LogP contribution in [-0.2, 0) is 0 Å². The molecule has 1 saturated heterocycles. The largest absolute Gasteiger partial charge is 0.474 e. The molecule has 6 heteroatoms. The minimum Gasteiger partial charge on any atom is -0.474 e. The van der Waals surface area contributed by atoms with Crippen molar-refractivity contribution in [2.24, 2.45) is 5.92 Å². The van der Waals surface area contributed by atoms with Gasteiger partial charge in [0.1, 0.15) is 5.02 Å². The average Bonchev–Trinajstić information content (AvgIpc) is 2.82. The molecule has 0 bridgehead atoms. The molecule has 1 aliphatic rings. The highest BCUT2D eigenvalue weighted by Crippen LogP contribution is 2.26. The van der Waals surface area contributed by atoms with Crippen LogP contribution in [0.1, 0.15) is 31.1 Å². The van der Waals surface area contributed by atoms with Crippen molar-refractivity contribution in [3.8, 4) is 5.88 Å². The summed E-state index contributed by atoms with van der Waals surface area (Å²) in [6.45, 7) is 7.47. The molecule has 2 heterocycles. The SMILES string of the molecule is CC(C)Oc1ncc(C(=O)N2C[C@@H](N(C)C)[C@@H](C)C2)cc1Cl. The fourth-order valence-corrected chi connectivity index (χ4v) is 3.03. The zero-order valence-corrected chi connectivity index (χ0v) is 14.6. The normalized spacial score (nSPS) is 21.7. The van der Waals surface area contributed by atoms with Gasteiger partial charge in [0.25, 0.3) is 5.91 Å². The van der Waals surface area contributed by atoms with Crippen LogP contribution in [0.5, 0.6) is 5.88 Å². The summed E-state index contributed by atoms with van der Waals surface area (Å²) in [6.07, 6.45) is 1.53. The lowest BCUT2D eigenvalue weighted by Gasteiger charge is -2.22. The fourth-order valence-electron chi connectivity index (χ4n) is 2.82. The van der Waals surface area contributed by atoms with Gasteiger partial charge >= 0.3 is 0 Å². The Kier molecular flexibility index (Phi) is 5.29. The summed E-state index contributed by atoms with van der Waals surface area (Å²) in [7, 11) is 4.09. The van der Waals surface area contributed by atoms with Gasteiger partial charge in [-0.1, -0.05) is 18.5 Å². The van der Waals surface area contributed by atoms with Gasteiger partial charge < -0.3 is 14.5 Å². The van der Waals surface area contributed by atoms with E-state index in [1.807, 2.05) is 32.8 Å². The first-order chi connectivity index (χ1) is 10.3. The van der Waals surface area contributed by atoms with Crippen molar-refractivity contribution < 1.29 is 9.53 Å². The van der Waals surface area contributed by atoms with E-state index in [4.69, 9.17) is 16.3 Å². The molecule has 0 radical (unpaired) electrons. The molecule has 0 unspecified atom stereocenters. The van der Waals surface area contributed by atoms with Crippen molar-refractivity contribution in [2.45, 2.75) is 32.9 Å². The van der Waals surface area contributed by atoms with Crippen molar-refractivity contribution in [1.82, 2.24) is 14.8 Å². The number of carbonyl (C=O) groups excluding carboxylic acids is 1. The maximum atomic E-state index is 12.6. The zero-order chi connectivity index (χ0) is 16.4. The predicted molar refractivity (Wildman–Crippen MR) is 87.6 cm³/mol. The molecule has 1 aromatic rings. The summed E-state index contributed by atoms with van der Waals surface area (Å²) in [5.41, 5.74) is 0.507. The molecule has 0 spiro atoms. The van der Waals surface area contributed by atoms with Crippen LogP contribution in [0.15, 0.2) is 12.3 Å². The minimum absolute atomic E-state index is 0.00756. The number of halogens is 1. The average molecular weight is 326 g/mol. The van der Waals surface area contributed by atoms with Gasteiger partial charge in [-0.2, -0.15) is 0 Å². The zero-order valence-electron chi connectivity index (χ0n) is 13.8. The molecule has 0 aromatic carbocycles. The van der Waals surface area contributed by atoms with Gasteiger partial charge in [0.2, 0.25) is 5.88 Å². The van der Waals surface area contributed by atoms with Crippen LogP contribution in [-0.4, -0.2) is 60.0 Å². The minimum atomic E-state index is -0.0262. The topological polar surface area (TPSA) is 45.7 Å². The molecule has 2 rings (SSSR count). The highest BCUT2D eigenvalue weighted by Gasteiger charge is 2.34. The Bertz CT molecular complexity index is 548. The van der Waals surface area contributed by atoms with Gasteiger partial charge in [-0.15, -0.1) is 0 Å². The highest BCUT2D eigenvalue weighted by molar-refractivity contribution is 6.32. The van der Waals surface area contributed by atoms with E-state index in [1.54, 1.807) is 12.3 Å². The predicted octanol–water partition coefficient (Wildman–Crippen LogP) is 2.54. The van der Waals surface area contributed by atoms with Crippen molar-refractivity contribution in [3.05, 3.63) is 22.8 Å². The van der Waals surface area contributed by atoms with E-state index in [-0.39, 0.29) is 12.0 Å². The number of ether oxygens (including phenoxy) is 1. The first-order valence-electron chi connectivity index (χ1n) is 7.57. The summed E-state index contributed by atoms with van der Waals surface area (Å²) >= 11 is 6.17. The fraction of sp³-hybridized carbons (Fsp3) is 0.625. The third-order valence-corrected chi connectivity index (χ3v) is 4.20. The van der Waals surface area contributed by atoms with E-state index in [1.165, 1.54) is 0 Å². The van der Waals surface area contributed by atoms with Gasteiger partial charge in [0.15, 0.2) is 0 Å². The Morgan fingerprint density at radius 3 is 2.64 bits per heavy atom. The van der Waals surface area contributed by atoms with Gasteiger partial charge in [0, 0.05) is 25.3 Å². The second-order valence-electron chi connectivity index (χ2n) is 6.40. The third-order valence-electron chi connectivity index (χ3n) is 3.92. The summed E-state index contributed by atoms with van der Waals surface area (Å²) < 4.78 is 5.50. The van der Waals surface area contributed by atoms with Gasteiger partial charge in [-0.05, 0) is 39.9 Å². The first kappa shape index (κ1) is 17.0. The first-order valence-corrected chi connectivity index (χ1v) is 7.95. The van der Waals surface area contributed by atoms with Crippen molar-refractivity contribution in [3.63, 3.8) is 0 Å². The number of hydrogen-bond donors (Lipinski definition) is 0. The Labute approximate surface area is 137 Å². The van der Waals surface area contributed by atoms with E-state index in [0.717, 1.165) is 13.1 Å². The summed E-state index contributed by atoms with van der Waals surface area (Å²) in [5.74, 6) is 0.793. The van der Waals surface area contributed by atoms with Crippen LogP contribution in [0.25, 0.3) is 0 Å². The van der Waals surface area contributed by atoms with Crippen LogP contribution in [0, 0.1) is 5.92 Å². The molecular weight excluding hydrogens is 302 g/mol. The Morgan fingerprint density at radius 1 is 1.45 bits per heavy atom. The molecule has 1 aliphatic heterocycles. The van der Waals surface area contributed by atoms with E-state index >= 15 is 0 Å². The molecule has 1 fully saturated rings. The number of hydrogen-bond acceptors (Lipinski definition) is 4. The lowest BCUT2D eigenvalue weighted by Crippen LogP contribution is -2.35. The van der Waals surface area contributed by atoms with Gasteiger partial charge in [-0.3, -0.25) is 4.79 Å². The summed E-state index contributed by atoms with van der Waals surface area (Å²) in [6, 6.07) is 2.03. The number of likely N-dealkylation sites (N-methyl/N-ethyl adjacent to an activating group) is 1. The Balaban J connectivity index is 2.12. The summed E-state index contributed by atoms with van der Waals surface area (Å²) in [5, 5.41) is 0.371. The number of likely N-dealkylation sites (tertiary alicyclic amines) is 1.